The maximum atomic E-state index is 11.6. The lowest BCUT2D eigenvalue weighted by molar-refractivity contribution is -0.149. The molecule has 5 nitrogen and oxygen atoms in total. The highest BCUT2D eigenvalue weighted by Gasteiger charge is 2.29. The minimum Gasteiger partial charge on any atom is -0.466 e. The molecule has 1 amide bonds. The molecule has 0 aromatic rings. The Morgan fingerprint density at radius 1 is 1.29 bits per heavy atom. The molecular weight excluding hydrogens is 222 g/mol. The van der Waals surface area contributed by atoms with E-state index >= 15 is 0 Å². The first kappa shape index (κ1) is 13.8. The van der Waals surface area contributed by atoms with Crippen LogP contribution in [0.5, 0.6) is 0 Å². The second-order valence-corrected chi connectivity index (χ2v) is 4.15. The van der Waals surface area contributed by atoms with Gasteiger partial charge in [-0.3, -0.25) is 4.79 Å². The second kappa shape index (κ2) is 7.14. The van der Waals surface area contributed by atoms with Gasteiger partial charge in [-0.15, -0.1) is 0 Å². The van der Waals surface area contributed by atoms with Crippen molar-refractivity contribution in [3.63, 3.8) is 0 Å². The van der Waals surface area contributed by atoms with Crippen LogP contribution in [0.25, 0.3) is 0 Å². The van der Waals surface area contributed by atoms with E-state index in [2.05, 4.69) is 0 Å². The molecule has 0 spiro atoms. The van der Waals surface area contributed by atoms with Crippen LogP contribution in [0.1, 0.15) is 33.1 Å². The van der Waals surface area contributed by atoms with Gasteiger partial charge >= 0.3 is 12.1 Å². The zero-order valence-corrected chi connectivity index (χ0v) is 10.6. The van der Waals surface area contributed by atoms with Crippen LogP contribution in [0.3, 0.4) is 0 Å². The molecule has 98 valence electrons. The number of nitrogens with zero attached hydrogens (tertiary/aromatic N) is 1. The number of rotatable bonds is 4. The Morgan fingerprint density at radius 2 is 2.06 bits per heavy atom. The number of amides is 1. The van der Waals surface area contributed by atoms with Crippen LogP contribution in [0, 0.1) is 5.92 Å². The van der Waals surface area contributed by atoms with Crippen molar-refractivity contribution < 1.29 is 19.1 Å². The summed E-state index contributed by atoms with van der Waals surface area (Å²) in [6, 6.07) is 0. The van der Waals surface area contributed by atoms with Crippen LogP contribution >= 0.6 is 0 Å². The first-order valence-electron chi connectivity index (χ1n) is 6.27. The first-order chi connectivity index (χ1) is 8.19. The van der Waals surface area contributed by atoms with Gasteiger partial charge in [-0.1, -0.05) is 6.92 Å². The summed E-state index contributed by atoms with van der Waals surface area (Å²) in [7, 11) is 0. The van der Waals surface area contributed by atoms with E-state index < -0.39 is 0 Å². The van der Waals surface area contributed by atoms with Gasteiger partial charge < -0.3 is 14.4 Å². The quantitative estimate of drug-likeness (QED) is 0.707. The van der Waals surface area contributed by atoms with Crippen LogP contribution in [0.15, 0.2) is 0 Å². The largest absolute Gasteiger partial charge is 0.466 e. The maximum absolute atomic E-state index is 11.6. The molecule has 1 aliphatic heterocycles. The van der Waals surface area contributed by atoms with Gasteiger partial charge in [0.1, 0.15) is 0 Å². The van der Waals surface area contributed by atoms with Gasteiger partial charge in [0.15, 0.2) is 0 Å². The molecule has 0 saturated carbocycles. The predicted octanol–water partition coefficient (Wildman–Crippen LogP) is 1.81. The fourth-order valence-corrected chi connectivity index (χ4v) is 1.88. The SMILES string of the molecule is CCCOC(=O)N1CCCC(C(=O)OCC)C1. The van der Waals surface area contributed by atoms with Crippen molar-refractivity contribution in [1.29, 1.82) is 0 Å². The Labute approximate surface area is 102 Å². The molecule has 17 heavy (non-hydrogen) atoms. The smallest absolute Gasteiger partial charge is 0.409 e. The Kier molecular flexibility index (Phi) is 5.80. The highest BCUT2D eigenvalue weighted by Crippen LogP contribution is 2.18. The molecule has 0 aromatic heterocycles. The molecule has 0 radical (unpaired) electrons. The van der Waals surface area contributed by atoms with Gasteiger partial charge in [0.25, 0.3) is 0 Å². The van der Waals surface area contributed by atoms with Crippen LogP contribution < -0.4 is 0 Å². The lowest BCUT2D eigenvalue weighted by Crippen LogP contribution is -2.43. The highest BCUT2D eigenvalue weighted by molar-refractivity contribution is 5.74. The van der Waals surface area contributed by atoms with Crippen molar-refractivity contribution in [3.05, 3.63) is 0 Å². The average molecular weight is 243 g/mol. The Morgan fingerprint density at radius 3 is 2.71 bits per heavy atom. The molecule has 1 rings (SSSR count). The molecule has 1 saturated heterocycles. The lowest BCUT2D eigenvalue weighted by Gasteiger charge is -2.30. The molecule has 1 aliphatic rings. The summed E-state index contributed by atoms with van der Waals surface area (Å²) in [5, 5.41) is 0. The summed E-state index contributed by atoms with van der Waals surface area (Å²) >= 11 is 0. The van der Waals surface area contributed by atoms with E-state index in [4.69, 9.17) is 9.47 Å². The predicted molar refractivity (Wildman–Crippen MR) is 62.6 cm³/mol. The van der Waals surface area contributed by atoms with E-state index in [-0.39, 0.29) is 18.0 Å². The van der Waals surface area contributed by atoms with Crippen LogP contribution in [-0.4, -0.2) is 43.3 Å². The minimum absolute atomic E-state index is 0.196. The zero-order chi connectivity index (χ0) is 12.7. The van der Waals surface area contributed by atoms with E-state index in [9.17, 15) is 9.59 Å². The third-order valence-electron chi connectivity index (χ3n) is 2.73. The Bertz CT molecular complexity index is 267. The number of hydrogen-bond donors (Lipinski definition) is 0. The van der Waals surface area contributed by atoms with E-state index in [1.807, 2.05) is 6.92 Å². The number of likely N-dealkylation sites (tertiary alicyclic amines) is 1. The summed E-state index contributed by atoms with van der Waals surface area (Å²) in [6.07, 6.45) is 2.10. The summed E-state index contributed by atoms with van der Waals surface area (Å²) in [6.45, 7) is 5.63. The maximum Gasteiger partial charge on any atom is 0.409 e. The third-order valence-corrected chi connectivity index (χ3v) is 2.73. The van der Waals surface area contributed by atoms with Crippen LogP contribution in [-0.2, 0) is 14.3 Å². The first-order valence-corrected chi connectivity index (χ1v) is 6.27. The molecule has 0 aliphatic carbocycles. The lowest BCUT2D eigenvalue weighted by atomic mass is 9.99. The van der Waals surface area contributed by atoms with Crippen molar-refractivity contribution in [2.45, 2.75) is 33.1 Å². The van der Waals surface area contributed by atoms with Gasteiger partial charge in [-0.05, 0) is 26.2 Å². The summed E-state index contributed by atoms with van der Waals surface area (Å²) in [5.41, 5.74) is 0. The molecule has 0 N–H and O–H groups in total. The number of hydrogen-bond acceptors (Lipinski definition) is 4. The minimum atomic E-state index is -0.319. The van der Waals surface area contributed by atoms with E-state index in [1.165, 1.54) is 0 Å². The topological polar surface area (TPSA) is 55.8 Å². The molecule has 1 heterocycles. The van der Waals surface area contributed by atoms with Gasteiger partial charge in [0.05, 0.1) is 19.1 Å². The monoisotopic (exact) mass is 243 g/mol. The fourth-order valence-electron chi connectivity index (χ4n) is 1.88. The van der Waals surface area contributed by atoms with Gasteiger partial charge in [-0.25, -0.2) is 4.79 Å². The number of carbonyl (C=O) groups is 2. The normalized spacial score (nSPS) is 19.9. The third kappa shape index (κ3) is 4.24. The van der Waals surface area contributed by atoms with Crippen molar-refractivity contribution >= 4 is 12.1 Å². The number of esters is 1. The Balaban J connectivity index is 2.42. The molecule has 5 heteroatoms. The number of carbonyl (C=O) groups excluding carboxylic acids is 2. The van der Waals surface area contributed by atoms with Crippen molar-refractivity contribution in [3.8, 4) is 0 Å². The molecule has 0 aromatic carbocycles. The van der Waals surface area contributed by atoms with Gasteiger partial charge in [0.2, 0.25) is 0 Å². The van der Waals surface area contributed by atoms with Crippen LogP contribution in [0.2, 0.25) is 0 Å². The molecule has 1 unspecified atom stereocenters. The average Bonchev–Trinajstić information content (AvgIpc) is 2.36. The molecule has 0 bridgehead atoms. The van der Waals surface area contributed by atoms with E-state index in [0.717, 1.165) is 19.3 Å². The summed E-state index contributed by atoms with van der Waals surface area (Å²) in [5.74, 6) is -0.404. The Hall–Kier alpha value is -1.26. The van der Waals surface area contributed by atoms with Crippen molar-refractivity contribution in [1.82, 2.24) is 4.90 Å². The number of piperidine rings is 1. The van der Waals surface area contributed by atoms with E-state index in [1.54, 1.807) is 11.8 Å². The summed E-state index contributed by atoms with van der Waals surface area (Å²) in [4.78, 5) is 24.8. The fraction of sp³-hybridized carbons (Fsp3) is 0.833. The zero-order valence-electron chi connectivity index (χ0n) is 10.6. The molecule has 1 atom stereocenters. The number of ether oxygens (including phenoxy) is 2. The van der Waals surface area contributed by atoms with Gasteiger partial charge in [0, 0.05) is 13.1 Å². The molecular formula is C12H21NO4. The van der Waals surface area contributed by atoms with Crippen LogP contribution in [0.4, 0.5) is 4.79 Å². The van der Waals surface area contributed by atoms with Gasteiger partial charge in [-0.2, -0.15) is 0 Å². The summed E-state index contributed by atoms with van der Waals surface area (Å²) < 4.78 is 10.0. The second-order valence-electron chi connectivity index (χ2n) is 4.15. The highest BCUT2D eigenvalue weighted by atomic mass is 16.6. The van der Waals surface area contributed by atoms with E-state index in [0.29, 0.717) is 26.3 Å². The molecule has 1 fully saturated rings. The van der Waals surface area contributed by atoms with Crippen molar-refractivity contribution in [2.75, 3.05) is 26.3 Å². The van der Waals surface area contributed by atoms with Crippen molar-refractivity contribution in [2.24, 2.45) is 5.92 Å². The standard InChI is InChI=1S/C12H21NO4/c1-3-8-17-12(15)13-7-5-6-10(9-13)11(14)16-4-2/h10H,3-9H2,1-2H3.